The van der Waals surface area contributed by atoms with Crippen LogP contribution in [0.2, 0.25) is 0 Å². The third-order valence-corrected chi connectivity index (χ3v) is 6.46. The van der Waals surface area contributed by atoms with Crippen molar-refractivity contribution in [2.75, 3.05) is 25.0 Å². The van der Waals surface area contributed by atoms with Crippen LogP contribution >= 0.6 is 0 Å². The molecule has 2 aromatic carbocycles. The van der Waals surface area contributed by atoms with Gasteiger partial charge in [0.1, 0.15) is 10.7 Å². The lowest BCUT2D eigenvalue weighted by Crippen LogP contribution is -2.31. The maximum atomic E-state index is 14.2. The van der Waals surface area contributed by atoms with Crippen LogP contribution in [-0.4, -0.2) is 50.1 Å². The van der Waals surface area contributed by atoms with Crippen molar-refractivity contribution >= 4 is 33.4 Å². The van der Waals surface area contributed by atoms with Gasteiger partial charge in [-0.2, -0.15) is 4.31 Å². The van der Waals surface area contributed by atoms with Gasteiger partial charge in [0.25, 0.3) is 5.91 Å². The molecule has 0 aromatic heterocycles. The van der Waals surface area contributed by atoms with E-state index < -0.39 is 39.2 Å². The normalized spacial score (nSPS) is 11.3. The average Bonchev–Trinajstić information content (AvgIpc) is 2.73. The Hall–Kier alpha value is -3.11. The third kappa shape index (κ3) is 5.96. The molecule has 0 bridgehead atoms. The van der Waals surface area contributed by atoms with Crippen LogP contribution in [0, 0.1) is 5.82 Å². The van der Waals surface area contributed by atoms with E-state index in [1.807, 2.05) is 0 Å². The van der Waals surface area contributed by atoms with Gasteiger partial charge in [0.2, 0.25) is 10.0 Å². The van der Waals surface area contributed by atoms with Crippen molar-refractivity contribution in [3.63, 3.8) is 0 Å². The van der Waals surface area contributed by atoms with E-state index in [0.717, 1.165) is 22.5 Å². The summed E-state index contributed by atoms with van der Waals surface area (Å²) in [5, 5.41) is 2.50. The molecule has 2 rings (SSSR count). The number of esters is 1. The van der Waals surface area contributed by atoms with Gasteiger partial charge < -0.3 is 10.1 Å². The molecule has 0 radical (unpaired) electrons. The molecule has 2 aromatic rings. The van der Waals surface area contributed by atoms with Crippen molar-refractivity contribution in [2.45, 2.75) is 25.7 Å². The highest BCUT2D eigenvalue weighted by Gasteiger charge is 2.26. The second-order valence-electron chi connectivity index (χ2n) is 6.49. The molecular formula is C21H23FN2O6S. The standard InChI is InChI=1S/C21H23FN2O6S/c1-4-24(5-2)31(28,29)19-12-16(8-11-18(19)22)21(27)30-13-20(26)23-17-9-6-15(7-10-17)14(3)25/h6-12H,4-5,13H2,1-3H3,(H,23,26). The number of halogens is 1. The smallest absolute Gasteiger partial charge is 0.338 e. The summed E-state index contributed by atoms with van der Waals surface area (Å²) < 4.78 is 45.3. The Balaban J connectivity index is 2.07. The lowest BCUT2D eigenvalue weighted by Gasteiger charge is -2.19. The second kappa shape index (κ2) is 10.3. The molecule has 0 heterocycles. The highest BCUT2D eigenvalue weighted by atomic mass is 32.2. The van der Waals surface area contributed by atoms with Crippen molar-refractivity contribution in [2.24, 2.45) is 0 Å². The number of benzene rings is 2. The van der Waals surface area contributed by atoms with Gasteiger partial charge in [0, 0.05) is 24.3 Å². The maximum Gasteiger partial charge on any atom is 0.338 e. The second-order valence-corrected chi connectivity index (χ2v) is 8.40. The van der Waals surface area contributed by atoms with Crippen LogP contribution in [0.5, 0.6) is 0 Å². The lowest BCUT2D eigenvalue weighted by molar-refractivity contribution is -0.119. The lowest BCUT2D eigenvalue weighted by atomic mass is 10.1. The van der Waals surface area contributed by atoms with Crippen molar-refractivity contribution in [1.29, 1.82) is 0 Å². The van der Waals surface area contributed by atoms with Gasteiger partial charge in [-0.25, -0.2) is 17.6 Å². The fourth-order valence-corrected chi connectivity index (χ4v) is 4.28. The predicted octanol–water partition coefficient (Wildman–Crippen LogP) is 2.85. The molecule has 0 spiro atoms. The number of rotatable bonds is 9. The Morgan fingerprint density at radius 1 is 1.00 bits per heavy atom. The van der Waals surface area contributed by atoms with Gasteiger partial charge in [0.05, 0.1) is 5.56 Å². The van der Waals surface area contributed by atoms with E-state index in [-0.39, 0.29) is 24.4 Å². The number of nitrogens with zero attached hydrogens (tertiary/aromatic N) is 1. The molecule has 1 N–H and O–H groups in total. The Labute approximate surface area is 180 Å². The number of amides is 1. The first-order chi connectivity index (χ1) is 14.6. The van der Waals surface area contributed by atoms with Crippen LogP contribution in [0.25, 0.3) is 0 Å². The SMILES string of the molecule is CCN(CC)S(=O)(=O)c1cc(C(=O)OCC(=O)Nc2ccc(C(C)=O)cc2)ccc1F. The number of nitrogens with one attached hydrogen (secondary N) is 1. The molecule has 0 fully saturated rings. The van der Waals surface area contributed by atoms with Crippen molar-refractivity contribution in [1.82, 2.24) is 4.31 Å². The van der Waals surface area contributed by atoms with E-state index in [9.17, 15) is 27.2 Å². The summed E-state index contributed by atoms with van der Waals surface area (Å²) in [5.74, 6) is -2.72. The molecule has 0 saturated carbocycles. The first kappa shape index (κ1) is 24.2. The minimum Gasteiger partial charge on any atom is -0.452 e. The number of hydrogen-bond acceptors (Lipinski definition) is 6. The number of hydrogen-bond donors (Lipinski definition) is 1. The van der Waals surface area contributed by atoms with E-state index in [0.29, 0.717) is 11.3 Å². The van der Waals surface area contributed by atoms with Crippen LogP contribution in [0.1, 0.15) is 41.5 Å². The third-order valence-electron chi connectivity index (χ3n) is 4.40. The van der Waals surface area contributed by atoms with Crippen LogP contribution in [0.15, 0.2) is 47.4 Å². The topological polar surface area (TPSA) is 110 Å². The summed E-state index contributed by atoms with van der Waals surface area (Å²) in [6.45, 7) is 4.29. The number of sulfonamides is 1. The summed E-state index contributed by atoms with van der Waals surface area (Å²) in [5.41, 5.74) is 0.683. The Morgan fingerprint density at radius 2 is 1.58 bits per heavy atom. The molecule has 0 atom stereocenters. The van der Waals surface area contributed by atoms with Gasteiger partial charge in [-0.15, -0.1) is 0 Å². The molecule has 0 aliphatic rings. The largest absolute Gasteiger partial charge is 0.452 e. The van der Waals surface area contributed by atoms with Crippen LogP contribution < -0.4 is 5.32 Å². The van der Waals surface area contributed by atoms with Crippen LogP contribution in [-0.2, 0) is 19.6 Å². The summed E-state index contributed by atoms with van der Waals surface area (Å²) >= 11 is 0. The summed E-state index contributed by atoms with van der Waals surface area (Å²) in [6.07, 6.45) is 0. The quantitative estimate of drug-likeness (QED) is 0.465. The highest BCUT2D eigenvalue weighted by molar-refractivity contribution is 7.89. The minimum atomic E-state index is -4.12. The number of anilines is 1. The van der Waals surface area contributed by atoms with E-state index in [1.165, 1.54) is 19.1 Å². The van der Waals surface area contributed by atoms with Crippen molar-refractivity contribution in [3.8, 4) is 0 Å². The molecule has 10 heteroatoms. The number of carbonyl (C=O) groups is 3. The number of Topliss-reactive ketones (excluding diaryl/α,β-unsaturated/α-hetero) is 1. The van der Waals surface area contributed by atoms with Gasteiger partial charge in [0.15, 0.2) is 12.4 Å². The fourth-order valence-electron chi connectivity index (χ4n) is 2.73. The Bertz CT molecular complexity index is 1080. The van der Waals surface area contributed by atoms with Crippen molar-refractivity contribution in [3.05, 3.63) is 59.4 Å². The number of ether oxygens (including phenoxy) is 1. The zero-order chi connectivity index (χ0) is 23.2. The minimum absolute atomic E-state index is 0.117. The predicted molar refractivity (Wildman–Crippen MR) is 112 cm³/mol. The molecule has 166 valence electrons. The van der Waals surface area contributed by atoms with Gasteiger partial charge in [-0.1, -0.05) is 13.8 Å². The van der Waals surface area contributed by atoms with Crippen LogP contribution in [0.3, 0.4) is 0 Å². The average molecular weight is 450 g/mol. The van der Waals surface area contributed by atoms with E-state index in [2.05, 4.69) is 5.32 Å². The van der Waals surface area contributed by atoms with Gasteiger partial charge in [-0.05, 0) is 49.4 Å². The van der Waals surface area contributed by atoms with Gasteiger partial charge >= 0.3 is 5.97 Å². The molecule has 1 amide bonds. The van der Waals surface area contributed by atoms with E-state index >= 15 is 0 Å². The molecular weight excluding hydrogens is 427 g/mol. The van der Waals surface area contributed by atoms with Crippen LogP contribution in [0.4, 0.5) is 10.1 Å². The molecule has 0 aliphatic carbocycles. The van der Waals surface area contributed by atoms with Crippen molar-refractivity contribution < 1.29 is 31.9 Å². The molecule has 0 unspecified atom stereocenters. The first-order valence-electron chi connectivity index (χ1n) is 9.47. The zero-order valence-electron chi connectivity index (χ0n) is 17.3. The highest BCUT2D eigenvalue weighted by Crippen LogP contribution is 2.21. The number of carbonyl (C=O) groups excluding carboxylic acids is 3. The fraction of sp³-hybridized carbons (Fsp3) is 0.286. The maximum absolute atomic E-state index is 14.2. The summed E-state index contributed by atoms with van der Waals surface area (Å²) in [4.78, 5) is 34.9. The van der Waals surface area contributed by atoms with E-state index in [1.54, 1.807) is 26.0 Å². The molecule has 0 aliphatic heterocycles. The molecule has 31 heavy (non-hydrogen) atoms. The summed E-state index contributed by atoms with van der Waals surface area (Å²) in [6, 6.07) is 8.98. The molecule has 0 saturated heterocycles. The van der Waals surface area contributed by atoms with Gasteiger partial charge in [-0.3, -0.25) is 9.59 Å². The Kier molecular flexibility index (Phi) is 8.01. The number of ketones is 1. The zero-order valence-corrected chi connectivity index (χ0v) is 18.2. The van der Waals surface area contributed by atoms with E-state index in [4.69, 9.17) is 4.74 Å². The first-order valence-corrected chi connectivity index (χ1v) is 10.9. The Morgan fingerprint density at radius 3 is 2.13 bits per heavy atom. The molecule has 8 nitrogen and oxygen atoms in total. The monoisotopic (exact) mass is 450 g/mol. The summed E-state index contributed by atoms with van der Waals surface area (Å²) in [7, 11) is -4.12.